The third-order valence-corrected chi connectivity index (χ3v) is 1.71. The van der Waals surface area contributed by atoms with Gasteiger partial charge in [-0.2, -0.15) is 0 Å². The molecule has 0 atom stereocenters. The van der Waals surface area contributed by atoms with Crippen LogP contribution in [-0.2, 0) is 4.79 Å². The minimum absolute atomic E-state index is 0.222. The molecule has 1 aliphatic rings. The van der Waals surface area contributed by atoms with Gasteiger partial charge in [-0.1, -0.05) is 19.1 Å². The van der Waals surface area contributed by atoms with E-state index >= 15 is 0 Å². The van der Waals surface area contributed by atoms with E-state index in [1.807, 2.05) is 24.3 Å². The van der Waals surface area contributed by atoms with Gasteiger partial charge in [0.25, 0.3) is 0 Å². The second-order valence-corrected chi connectivity index (χ2v) is 2.84. The number of carboxylic acid groups (broad SMARTS) is 1. The Balaban J connectivity index is 0.000000195. The zero-order valence-corrected chi connectivity index (χ0v) is 8.51. The Bertz CT molecular complexity index is 361. The molecule has 0 unspecified atom stereocenters. The summed E-state index contributed by atoms with van der Waals surface area (Å²) in [5, 5.41) is 7.72. The van der Waals surface area contributed by atoms with Crippen LogP contribution in [-0.4, -0.2) is 23.9 Å². The minimum Gasteiger partial charge on any atom is -0.486 e. The summed E-state index contributed by atoms with van der Waals surface area (Å²) < 4.78 is 5.27. The molecular formula is C11H13NO3. The van der Waals surface area contributed by atoms with Gasteiger partial charge in [0.2, 0.25) is 0 Å². The van der Waals surface area contributed by atoms with E-state index in [-0.39, 0.29) is 6.42 Å². The second kappa shape index (κ2) is 5.80. The molecule has 0 spiro atoms. The van der Waals surface area contributed by atoms with Gasteiger partial charge in [-0.25, -0.2) is 0 Å². The number of aliphatic carboxylic acids is 1. The predicted molar refractivity (Wildman–Crippen MR) is 58.0 cm³/mol. The summed E-state index contributed by atoms with van der Waals surface area (Å²) in [7, 11) is 0. The predicted octanol–water partition coefficient (Wildman–Crippen LogP) is 2.26. The summed E-state index contributed by atoms with van der Waals surface area (Å²) in [6, 6.07) is 7.75. The molecule has 0 saturated heterocycles. The fraction of sp³-hybridized carbons (Fsp3) is 0.273. The fourth-order valence-electron chi connectivity index (χ4n) is 0.949. The summed E-state index contributed by atoms with van der Waals surface area (Å²) in [6.45, 7) is 2.19. The Hall–Kier alpha value is -1.84. The maximum absolute atomic E-state index is 9.37. The van der Waals surface area contributed by atoms with Crippen LogP contribution in [0.2, 0.25) is 0 Å². The third-order valence-electron chi connectivity index (χ3n) is 1.71. The zero-order chi connectivity index (χ0) is 11.1. The van der Waals surface area contributed by atoms with Crippen molar-refractivity contribution in [3.05, 3.63) is 24.3 Å². The van der Waals surface area contributed by atoms with Crippen molar-refractivity contribution in [2.45, 2.75) is 13.3 Å². The first kappa shape index (κ1) is 11.2. The molecule has 0 aromatic heterocycles. The van der Waals surface area contributed by atoms with Crippen molar-refractivity contribution in [3.63, 3.8) is 0 Å². The number of carbonyl (C=O) groups is 1. The van der Waals surface area contributed by atoms with E-state index in [9.17, 15) is 4.79 Å². The average molecular weight is 207 g/mol. The topological polar surface area (TPSA) is 58.9 Å². The SMILES string of the molecule is C1=Nc2ccccc2OC1.CCC(=O)O. The van der Waals surface area contributed by atoms with E-state index in [1.54, 1.807) is 13.1 Å². The van der Waals surface area contributed by atoms with Crippen LogP contribution in [0.4, 0.5) is 5.69 Å². The monoisotopic (exact) mass is 207 g/mol. The Kier molecular flexibility index (Phi) is 4.34. The molecule has 0 amide bonds. The molecule has 15 heavy (non-hydrogen) atoms. The molecule has 1 heterocycles. The standard InChI is InChI=1S/C8H7NO.C3H6O2/c1-2-4-8-7(3-1)9-5-6-10-8;1-2-3(4)5/h1-5H,6H2;2H2,1H3,(H,4,5). The number of para-hydroxylation sites is 2. The van der Waals surface area contributed by atoms with Crippen molar-refractivity contribution in [1.29, 1.82) is 0 Å². The molecular weight excluding hydrogens is 194 g/mol. The fourth-order valence-corrected chi connectivity index (χ4v) is 0.949. The van der Waals surface area contributed by atoms with Gasteiger partial charge >= 0.3 is 5.97 Å². The third kappa shape index (κ3) is 3.81. The molecule has 4 heteroatoms. The number of rotatable bonds is 1. The van der Waals surface area contributed by atoms with E-state index in [4.69, 9.17) is 9.84 Å². The van der Waals surface area contributed by atoms with Crippen LogP contribution in [0.3, 0.4) is 0 Å². The lowest BCUT2D eigenvalue weighted by molar-refractivity contribution is -0.136. The van der Waals surface area contributed by atoms with Crippen LogP contribution < -0.4 is 4.74 Å². The highest BCUT2D eigenvalue weighted by Gasteiger charge is 2.02. The number of carboxylic acids is 1. The summed E-state index contributed by atoms with van der Waals surface area (Å²) >= 11 is 0. The number of aliphatic imine (C=N–C) groups is 1. The minimum atomic E-state index is -0.745. The zero-order valence-electron chi connectivity index (χ0n) is 8.51. The summed E-state index contributed by atoms with van der Waals surface area (Å²) in [5.41, 5.74) is 0.925. The van der Waals surface area contributed by atoms with Crippen LogP contribution in [0.5, 0.6) is 5.75 Å². The number of benzene rings is 1. The highest BCUT2D eigenvalue weighted by atomic mass is 16.5. The van der Waals surface area contributed by atoms with Crippen molar-refractivity contribution in [3.8, 4) is 5.75 Å². The van der Waals surface area contributed by atoms with E-state index in [2.05, 4.69) is 4.99 Å². The van der Waals surface area contributed by atoms with Gasteiger partial charge in [0, 0.05) is 12.6 Å². The molecule has 0 radical (unpaired) electrons. The summed E-state index contributed by atoms with van der Waals surface area (Å²) in [6.07, 6.45) is 1.99. The Labute approximate surface area is 88.2 Å². The lowest BCUT2D eigenvalue weighted by atomic mass is 10.3. The van der Waals surface area contributed by atoms with Crippen LogP contribution in [0, 0.1) is 0 Å². The van der Waals surface area contributed by atoms with E-state index < -0.39 is 5.97 Å². The molecule has 80 valence electrons. The van der Waals surface area contributed by atoms with Crippen LogP contribution in [0.25, 0.3) is 0 Å². The molecule has 1 N–H and O–H groups in total. The van der Waals surface area contributed by atoms with E-state index in [0.29, 0.717) is 6.61 Å². The summed E-state index contributed by atoms with van der Waals surface area (Å²) in [4.78, 5) is 13.5. The van der Waals surface area contributed by atoms with Crippen molar-refractivity contribution in [1.82, 2.24) is 0 Å². The van der Waals surface area contributed by atoms with Gasteiger partial charge in [-0.3, -0.25) is 9.79 Å². The van der Waals surface area contributed by atoms with E-state index in [0.717, 1.165) is 11.4 Å². The maximum atomic E-state index is 9.37. The van der Waals surface area contributed by atoms with Crippen molar-refractivity contribution >= 4 is 17.9 Å². The first-order chi connectivity index (χ1) is 7.24. The molecule has 0 aliphatic carbocycles. The molecule has 0 saturated carbocycles. The smallest absolute Gasteiger partial charge is 0.303 e. The van der Waals surface area contributed by atoms with Crippen LogP contribution in [0.1, 0.15) is 13.3 Å². The van der Waals surface area contributed by atoms with Crippen molar-refractivity contribution < 1.29 is 14.6 Å². The lowest BCUT2D eigenvalue weighted by Crippen LogP contribution is -2.01. The van der Waals surface area contributed by atoms with Gasteiger partial charge in [-0.15, -0.1) is 0 Å². The Morgan fingerprint density at radius 2 is 2.20 bits per heavy atom. The average Bonchev–Trinajstić information content (AvgIpc) is 2.30. The molecule has 1 aromatic rings. The Morgan fingerprint density at radius 1 is 1.53 bits per heavy atom. The Morgan fingerprint density at radius 3 is 2.80 bits per heavy atom. The highest BCUT2D eigenvalue weighted by molar-refractivity contribution is 5.70. The number of ether oxygens (including phenoxy) is 1. The first-order valence-electron chi connectivity index (χ1n) is 4.70. The molecule has 4 nitrogen and oxygen atoms in total. The van der Waals surface area contributed by atoms with Crippen LogP contribution >= 0.6 is 0 Å². The normalized spacial score (nSPS) is 11.8. The molecule has 1 aromatic carbocycles. The molecule has 0 bridgehead atoms. The number of hydrogen-bond acceptors (Lipinski definition) is 3. The number of fused-ring (bicyclic) bond motifs is 1. The molecule has 0 fully saturated rings. The molecule has 1 aliphatic heterocycles. The first-order valence-corrected chi connectivity index (χ1v) is 4.70. The number of hydrogen-bond donors (Lipinski definition) is 1. The number of nitrogens with zero attached hydrogens (tertiary/aromatic N) is 1. The highest BCUT2D eigenvalue weighted by Crippen LogP contribution is 2.27. The second-order valence-electron chi connectivity index (χ2n) is 2.84. The quantitative estimate of drug-likeness (QED) is 0.768. The van der Waals surface area contributed by atoms with Gasteiger partial charge in [0.15, 0.2) is 0 Å². The van der Waals surface area contributed by atoms with Crippen molar-refractivity contribution in [2.24, 2.45) is 4.99 Å². The van der Waals surface area contributed by atoms with E-state index in [1.165, 1.54) is 0 Å². The maximum Gasteiger partial charge on any atom is 0.303 e. The summed E-state index contributed by atoms with van der Waals surface area (Å²) in [5.74, 6) is 0.134. The van der Waals surface area contributed by atoms with Gasteiger partial charge in [0.1, 0.15) is 18.0 Å². The largest absolute Gasteiger partial charge is 0.486 e. The molecule has 2 rings (SSSR count). The lowest BCUT2D eigenvalue weighted by Gasteiger charge is -2.09. The van der Waals surface area contributed by atoms with Crippen molar-refractivity contribution in [2.75, 3.05) is 6.61 Å². The van der Waals surface area contributed by atoms with Gasteiger partial charge in [0.05, 0.1) is 0 Å². The van der Waals surface area contributed by atoms with Gasteiger partial charge in [-0.05, 0) is 12.1 Å². The van der Waals surface area contributed by atoms with Gasteiger partial charge < -0.3 is 9.84 Å². The van der Waals surface area contributed by atoms with Crippen LogP contribution in [0.15, 0.2) is 29.3 Å².